The first-order chi connectivity index (χ1) is 6.70. The Bertz CT molecular complexity index is 123. The molecule has 0 amide bonds. The summed E-state index contributed by atoms with van der Waals surface area (Å²) in [5, 5.41) is 8.60. The topological polar surface area (TPSA) is 58.7 Å². The van der Waals surface area contributed by atoms with Gasteiger partial charge in [-0.2, -0.15) is 0 Å². The van der Waals surface area contributed by atoms with Crippen molar-refractivity contribution in [2.45, 2.75) is 25.3 Å². The molecule has 0 aliphatic carbocycles. The number of unbranched alkanes of at least 4 members (excludes halogenated alkanes) is 2. The molecule has 4 nitrogen and oxygen atoms in total. The molecular weight excluding hydrogens is 180 g/mol. The molecule has 4 heteroatoms. The zero-order valence-corrected chi connectivity index (χ0v) is 9.41. The van der Waals surface area contributed by atoms with Gasteiger partial charge in [-0.3, -0.25) is 0 Å². The van der Waals surface area contributed by atoms with Crippen molar-refractivity contribution in [1.82, 2.24) is 4.90 Å². The van der Waals surface area contributed by atoms with E-state index in [0.717, 1.165) is 32.4 Å². The number of nitrogens with zero attached hydrogens (tertiary/aromatic N) is 1. The second-order valence-electron chi connectivity index (χ2n) is 3.76. The molecule has 86 valence electrons. The van der Waals surface area contributed by atoms with Crippen molar-refractivity contribution in [3.8, 4) is 0 Å². The van der Waals surface area contributed by atoms with Crippen molar-refractivity contribution >= 4 is 0 Å². The maximum absolute atomic E-state index is 8.60. The normalized spacial score (nSPS) is 13.5. The van der Waals surface area contributed by atoms with E-state index < -0.39 is 0 Å². The third-order valence-electron chi connectivity index (χ3n) is 2.12. The first kappa shape index (κ1) is 13.8. The quantitative estimate of drug-likeness (QED) is 0.521. The molecule has 0 aliphatic heterocycles. The van der Waals surface area contributed by atoms with Crippen LogP contribution in [0.5, 0.6) is 0 Å². The van der Waals surface area contributed by atoms with Gasteiger partial charge in [0.15, 0.2) is 0 Å². The molecule has 1 unspecified atom stereocenters. The van der Waals surface area contributed by atoms with E-state index in [2.05, 4.69) is 11.9 Å². The smallest absolute Gasteiger partial charge is 0.0626 e. The van der Waals surface area contributed by atoms with Crippen LogP contribution in [0.25, 0.3) is 0 Å². The summed E-state index contributed by atoms with van der Waals surface area (Å²) >= 11 is 0. The molecular formula is C10H24N2O2. The second kappa shape index (κ2) is 9.40. The molecule has 1 atom stereocenters. The van der Waals surface area contributed by atoms with Crippen LogP contribution < -0.4 is 5.73 Å². The van der Waals surface area contributed by atoms with Crippen LogP contribution in [-0.4, -0.2) is 56.5 Å². The van der Waals surface area contributed by atoms with E-state index >= 15 is 0 Å². The van der Waals surface area contributed by atoms with Gasteiger partial charge in [-0.05, 0) is 32.9 Å². The van der Waals surface area contributed by atoms with Gasteiger partial charge in [0.25, 0.3) is 0 Å². The minimum Gasteiger partial charge on any atom is -0.396 e. The van der Waals surface area contributed by atoms with Gasteiger partial charge in [0.2, 0.25) is 0 Å². The highest BCUT2D eigenvalue weighted by Gasteiger charge is 2.05. The van der Waals surface area contributed by atoms with E-state index in [9.17, 15) is 0 Å². The molecule has 14 heavy (non-hydrogen) atoms. The number of methoxy groups -OCH3 is 1. The van der Waals surface area contributed by atoms with E-state index in [4.69, 9.17) is 15.6 Å². The Balaban J connectivity index is 3.30. The van der Waals surface area contributed by atoms with Crippen molar-refractivity contribution in [1.29, 1.82) is 0 Å². The summed E-state index contributed by atoms with van der Waals surface area (Å²) in [7, 11) is 3.73. The van der Waals surface area contributed by atoms with Crippen molar-refractivity contribution in [3.05, 3.63) is 0 Å². The number of hydrogen-bond acceptors (Lipinski definition) is 4. The maximum atomic E-state index is 8.60. The minimum absolute atomic E-state index is 0.0999. The zero-order chi connectivity index (χ0) is 10.8. The predicted molar refractivity (Wildman–Crippen MR) is 58.3 cm³/mol. The molecule has 0 aromatic carbocycles. The highest BCUT2D eigenvalue weighted by Crippen LogP contribution is 1.97. The highest BCUT2D eigenvalue weighted by atomic mass is 16.5. The molecule has 0 aromatic rings. The van der Waals surface area contributed by atoms with E-state index in [1.54, 1.807) is 7.11 Å². The molecule has 0 saturated heterocycles. The van der Waals surface area contributed by atoms with Gasteiger partial charge in [-0.1, -0.05) is 0 Å². The van der Waals surface area contributed by atoms with E-state index in [0.29, 0.717) is 13.2 Å². The van der Waals surface area contributed by atoms with Crippen LogP contribution in [0, 0.1) is 0 Å². The van der Waals surface area contributed by atoms with Gasteiger partial charge in [-0.25, -0.2) is 0 Å². The van der Waals surface area contributed by atoms with Crippen molar-refractivity contribution in [3.63, 3.8) is 0 Å². The molecule has 0 bridgehead atoms. The van der Waals surface area contributed by atoms with E-state index in [1.165, 1.54) is 0 Å². The van der Waals surface area contributed by atoms with Gasteiger partial charge in [0.1, 0.15) is 0 Å². The lowest BCUT2D eigenvalue weighted by Gasteiger charge is -2.20. The molecule has 0 radical (unpaired) electrons. The standard InChI is InChI=1S/C10H24N2O2/c1-12(6-4-3-5-7-13)8-10(11)9-14-2/h10,13H,3-9,11H2,1-2H3. The predicted octanol–water partition coefficient (Wildman–Crippen LogP) is 0.0545. The summed E-state index contributed by atoms with van der Waals surface area (Å²) in [6, 6.07) is 0.0999. The monoisotopic (exact) mass is 204 g/mol. The number of nitrogens with two attached hydrogens (primary N) is 1. The average Bonchev–Trinajstić information content (AvgIpc) is 2.13. The maximum Gasteiger partial charge on any atom is 0.0626 e. The Morgan fingerprint density at radius 2 is 2.07 bits per heavy atom. The van der Waals surface area contributed by atoms with Crippen LogP contribution in [0.1, 0.15) is 19.3 Å². The number of hydrogen-bond donors (Lipinski definition) is 2. The summed E-state index contributed by atoms with van der Waals surface area (Å²) in [5.74, 6) is 0. The van der Waals surface area contributed by atoms with Gasteiger partial charge in [0, 0.05) is 26.3 Å². The largest absolute Gasteiger partial charge is 0.396 e. The molecule has 0 aromatic heterocycles. The number of likely N-dealkylation sites (N-methyl/N-ethyl adjacent to an activating group) is 1. The number of aliphatic hydroxyl groups is 1. The highest BCUT2D eigenvalue weighted by molar-refractivity contribution is 4.64. The van der Waals surface area contributed by atoms with Crippen LogP contribution >= 0.6 is 0 Å². The van der Waals surface area contributed by atoms with E-state index in [1.807, 2.05) is 0 Å². The molecule has 0 saturated carbocycles. The van der Waals surface area contributed by atoms with Gasteiger partial charge >= 0.3 is 0 Å². The van der Waals surface area contributed by atoms with Gasteiger partial charge in [0.05, 0.1) is 6.61 Å². The average molecular weight is 204 g/mol. The molecule has 0 heterocycles. The van der Waals surface area contributed by atoms with Crippen LogP contribution in [0.15, 0.2) is 0 Å². The Labute approximate surface area is 87.0 Å². The van der Waals surface area contributed by atoms with Crippen molar-refractivity contribution < 1.29 is 9.84 Å². The molecule has 0 rings (SSSR count). The fraction of sp³-hybridized carbons (Fsp3) is 1.00. The molecule has 0 spiro atoms. The fourth-order valence-corrected chi connectivity index (χ4v) is 1.43. The summed E-state index contributed by atoms with van der Waals surface area (Å²) in [6.45, 7) is 2.82. The first-order valence-corrected chi connectivity index (χ1v) is 5.24. The number of rotatable bonds is 9. The summed E-state index contributed by atoms with van der Waals surface area (Å²) in [4.78, 5) is 2.21. The lowest BCUT2D eigenvalue weighted by atomic mass is 10.2. The summed E-state index contributed by atoms with van der Waals surface area (Å²) < 4.78 is 4.96. The zero-order valence-electron chi connectivity index (χ0n) is 9.41. The van der Waals surface area contributed by atoms with Crippen LogP contribution in [0.2, 0.25) is 0 Å². The van der Waals surface area contributed by atoms with Crippen molar-refractivity contribution in [2.24, 2.45) is 5.73 Å². The number of ether oxygens (including phenoxy) is 1. The van der Waals surface area contributed by atoms with E-state index in [-0.39, 0.29) is 6.04 Å². The third kappa shape index (κ3) is 8.44. The summed E-state index contributed by atoms with van der Waals surface area (Å²) in [6.07, 6.45) is 3.11. The van der Waals surface area contributed by atoms with Crippen molar-refractivity contribution in [2.75, 3.05) is 40.5 Å². The number of aliphatic hydroxyl groups excluding tert-OH is 1. The lowest BCUT2D eigenvalue weighted by molar-refractivity contribution is 0.160. The Hall–Kier alpha value is -0.160. The SMILES string of the molecule is COCC(N)CN(C)CCCCCO. The molecule has 0 fully saturated rings. The molecule has 0 aliphatic rings. The van der Waals surface area contributed by atoms with Crippen LogP contribution in [0.4, 0.5) is 0 Å². The Morgan fingerprint density at radius 1 is 1.36 bits per heavy atom. The Morgan fingerprint density at radius 3 is 2.64 bits per heavy atom. The van der Waals surface area contributed by atoms with Crippen LogP contribution in [0.3, 0.4) is 0 Å². The van der Waals surface area contributed by atoms with Gasteiger partial charge < -0.3 is 20.5 Å². The second-order valence-corrected chi connectivity index (χ2v) is 3.76. The first-order valence-electron chi connectivity index (χ1n) is 5.24. The molecule has 3 N–H and O–H groups in total. The third-order valence-corrected chi connectivity index (χ3v) is 2.12. The Kier molecular flexibility index (Phi) is 9.29. The fourth-order valence-electron chi connectivity index (χ4n) is 1.43. The lowest BCUT2D eigenvalue weighted by Crippen LogP contribution is -2.38. The van der Waals surface area contributed by atoms with Gasteiger partial charge in [-0.15, -0.1) is 0 Å². The summed E-state index contributed by atoms with van der Waals surface area (Å²) in [5.41, 5.74) is 5.81. The minimum atomic E-state index is 0.0999. The van der Waals surface area contributed by atoms with Crippen LogP contribution in [-0.2, 0) is 4.74 Å².